The van der Waals surface area contributed by atoms with Crippen LogP contribution in [0, 0.1) is 0 Å². The fourth-order valence-electron chi connectivity index (χ4n) is 2.62. The Morgan fingerprint density at radius 1 is 1.36 bits per heavy atom. The number of methoxy groups -OCH3 is 1. The maximum atomic E-state index is 11.6. The van der Waals surface area contributed by atoms with Gasteiger partial charge in [0, 0.05) is 31.7 Å². The van der Waals surface area contributed by atoms with Crippen LogP contribution < -0.4 is 10.1 Å². The lowest BCUT2D eigenvalue weighted by molar-refractivity contribution is 0.0521. The molecule has 5 nitrogen and oxygen atoms in total. The van der Waals surface area contributed by atoms with E-state index in [1.165, 1.54) is 11.1 Å². The molecule has 0 atom stereocenters. The highest BCUT2D eigenvalue weighted by molar-refractivity contribution is 5.67. The third-order valence-electron chi connectivity index (χ3n) is 3.63. The summed E-state index contributed by atoms with van der Waals surface area (Å²) in [7, 11) is 1.71. The van der Waals surface area contributed by atoms with Crippen molar-refractivity contribution in [3.8, 4) is 5.75 Å². The zero-order valence-electron chi connectivity index (χ0n) is 13.9. The van der Waals surface area contributed by atoms with Crippen LogP contribution in [0.2, 0.25) is 0 Å². The number of rotatable bonds is 4. The Kier molecular flexibility index (Phi) is 5.29. The number of amides is 1. The molecule has 5 heteroatoms. The van der Waals surface area contributed by atoms with E-state index in [0.29, 0.717) is 6.54 Å². The van der Waals surface area contributed by atoms with E-state index in [2.05, 4.69) is 16.3 Å². The SMILES string of the molecule is COc1cccc2c1CN(CCNC(=O)OC(C)(C)C)CC2. The average Bonchev–Trinajstić information content (AvgIpc) is 2.44. The second-order valence-corrected chi connectivity index (χ2v) is 6.55. The molecular formula is C17H26N2O3. The molecule has 0 unspecified atom stereocenters. The van der Waals surface area contributed by atoms with Crippen molar-refractivity contribution in [3.05, 3.63) is 29.3 Å². The molecule has 0 spiro atoms. The zero-order valence-corrected chi connectivity index (χ0v) is 13.9. The van der Waals surface area contributed by atoms with E-state index in [1.807, 2.05) is 32.9 Å². The molecular weight excluding hydrogens is 280 g/mol. The molecule has 0 aliphatic carbocycles. The quantitative estimate of drug-likeness (QED) is 0.929. The van der Waals surface area contributed by atoms with Gasteiger partial charge >= 0.3 is 6.09 Å². The summed E-state index contributed by atoms with van der Waals surface area (Å²) in [5, 5.41) is 2.80. The van der Waals surface area contributed by atoms with Crippen molar-refractivity contribution in [2.75, 3.05) is 26.7 Å². The van der Waals surface area contributed by atoms with Gasteiger partial charge in [-0.1, -0.05) is 12.1 Å². The normalized spacial score (nSPS) is 15.1. The van der Waals surface area contributed by atoms with Gasteiger partial charge in [-0.05, 0) is 38.8 Å². The number of carbonyl (C=O) groups is 1. The lowest BCUT2D eigenvalue weighted by Crippen LogP contribution is -2.39. The number of nitrogens with zero attached hydrogens (tertiary/aromatic N) is 1. The number of nitrogens with one attached hydrogen (secondary N) is 1. The van der Waals surface area contributed by atoms with E-state index in [9.17, 15) is 4.79 Å². The minimum atomic E-state index is -0.457. The van der Waals surface area contributed by atoms with Gasteiger partial charge in [0.25, 0.3) is 0 Å². The van der Waals surface area contributed by atoms with Crippen LogP contribution in [0.1, 0.15) is 31.9 Å². The molecule has 22 heavy (non-hydrogen) atoms. The first-order valence-corrected chi connectivity index (χ1v) is 7.73. The van der Waals surface area contributed by atoms with Gasteiger partial charge in [-0.25, -0.2) is 4.79 Å². The molecule has 1 amide bonds. The number of hydrogen-bond donors (Lipinski definition) is 1. The first-order chi connectivity index (χ1) is 10.4. The third kappa shape index (κ3) is 4.63. The predicted octanol–water partition coefficient (Wildman–Crippen LogP) is 2.58. The van der Waals surface area contributed by atoms with Crippen molar-refractivity contribution in [2.45, 2.75) is 39.3 Å². The summed E-state index contributed by atoms with van der Waals surface area (Å²) in [6, 6.07) is 6.20. The van der Waals surface area contributed by atoms with Crippen LogP contribution in [0.15, 0.2) is 18.2 Å². The Balaban J connectivity index is 1.82. The molecule has 0 fully saturated rings. The highest BCUT2D eigenvalue weighted by Crippen LogP contribution is 2.27. The lowest BCUT2D eigenvalue weighted by atomic mass is 9.99. The van der Waals surface area contributed by atoms with E-state index >= 15 is 0 Å². The molecule has 1 heterocycles. The van der Waals surface area contributed by atoms with Gasteiger partial charge in [-0.2, -0.15) is 0 Å². The monoisotopic (exact) mass is 306 g/mol. The van der Waals surface area contributed by atoms with Crippen LogP contribution in [-0.2, 0) is 17.7 Å². The Morgan fingerprint density at radius 2 is 2.14 bits per heavy atom. The van der Waals surface area contributed by atoms with Gasteiger partial charge in [0.1, 0.15) is 11.4 Å². The second-order valence-electron chi connectivity index (χ2n) is 6.55. The van der Waals surface area contributed by atoms with Crippen LogP contribution in [0.5, 0.6) is 5.75 Å². The van der Waals surface area contributed by atoms with Crippen LogP contribution >= 0.6 is 0 Å². The summed E-state index contributed by atoms with van der Waals surface area (Å²) in [5.74, 6) is 0.947. The first kappa shape index (κ1) is 16.6. The van der Waals surface area contributed by atoms with Crippen molar-refractivity contribution in [3.63, 3.8) is 0 Å². The molecule has 0 saturated heterocycles. The van der Waals surface area contributed by atoms with E-state index in [1.54, 1.807) is 7.11 Å². The van der Waals surface area contributed by atoms with E-state index < -0.39 is 5.60 Å². The van der Waals surface area contributed by atoms with Crippen molar-refractivity contribution in [2.24, 2.45) is 0 Å². The molecule has 1 aromatic rings. The number of carbonyl (C=O) groups excluding carboxylic acids is 1. The van der Waals surface area contributed by atoms with Crippen molar-refractivity contribution >= 4 is 6.09 Å². The zero-order chi connectivity index (χ0) is 16.2. The molecule has 0 radical (unpaired) electrons. The van der Waals surface area contributed by atoms with Crippen LogP contribution in [0.25, 0.3) is 0 Å². The summed E-state index contributed by atoms with van der Waals surface area (Å²) in [6.07, 6.45) is 0.654. The molecule has 0 bridgehead atoms. The smallest absolute Gasteiger partial charge is 0.407 e. The predicted molar refractivity (Wildman–Crippen MR) is 86.2 cm³/mol. The number of fused-ring (bicyclic) bond motifs is 1. The summed E-state index contributed by atoms with van der Waals surface area (Å²) in [5.41, 5.74) is 2.16. The minimum Gasteiger partial charge on any atom is -0.496 e. The number of hydrogen-bond acceptors (Lipinski definition) is 4. The molecule has 1 aromatic carbocycles. The largest absolute Gasteiger partial charge is 0.496 e. The number of alkyl carbamates (subject to hydrolysis) is 1. The van der Waals surface area contributed by atoms with E-state index in [-0.39, 0.29) is 6.09 Å². The Morgan fingerprint density at radius 3 is 2.82 bits per heavy atom. The summed E-state index contributed by atoms with van der Waals surface area (Å²) < 4.78 is 10.7. The highest BCUT2D eigenvalue weighted by atomic mass is 16.6. The topological polar surface area (TPSA) is 50.8 Å². The Hall–Kier alpha value is -1.75. The highest BCUT2D eigenvalue weighted by Gasteiger charge is 2.20. The number of benzene rings is 1. The standard InChI is InChI=1S/C17H26N2O3/c1-17(2,3)22-16(20)18-9-11-19-10-8-13-6-5-7-15(21-4)14(13)12-19/h5-7H,8-12H2,1-4H3,(H,18,20). The van der Waals surface area contributed by atoms with Crippen molar-refractivity contribution in [1.29, 1.82) is 0 Å². The number of ether oxygens (including phenoxy) is 2. The molecule has 1 N–H and O–H groups in total. The van der Waals surface area contributed by atoms with Gasteiger partial charge in [-0.3, -0.25) is 4.90 Å². The molecule has 122 valence electrons. The average molecular weight is 306 g/mol. The van der Waals surface area contributed by atoms with Crippen molar-refractivity contribution in [1.82, 2.24) is 10.2 Å². The van der Waals surface area contributed by atoms with Gasteiger partial charge in [0.2, 0.25) is 0 Å². The second kappa shape index (κ2) is 7.01. The lowest BCUT2D eigenvalue weighted by Gasteiger charge is -2.30. The first-order valence-electron chi connectivity index (χ1n) is 7.73. The summed E-state index contributed by atoms with van der Waals surface area (Å²) >= 11 is 0. The molecule has 0 aromatic heterocycles. The van der Waals surface area contributed by atoms with Gasteiger partial charge in [0.15, 0.2) is 0 Å². The summed E-state index contributed by atoms with van der Waals surface area (Å²) in [6.45, 7) is 8.82. The van der Waals surface area contributed by atoms with Crippen LogP contribution in [-0.4, -0.2) is 43.3 Å². The van der Waals surface area contributed by atoms with Gasteiger partial charge in [0.05, 0.1) is 7.11 Å². The molecule has 0 saturated carbocycles. The van der Waals surface area contributed by atoms with Crippen molar-refractivity contribution < 1.29 is 14.3 Å². The van der Waals surface area contributed by atoms with Crippen LogP contribution in [0.4, 0.5) is 4.79 Å². The van der Waals surface area contributed by atoms with Gasteiger partial charge in [-0.15, -0.1) is 0 Å². The van der Waals surface area contributed by atoms with Gasteiger partial charge < -0.3 is 14.8 Å². The van der Waals surface area contributed by atoms with Crippen LogP contribution in [0.3, 0.4) is 0 Å². The maximum Gasteiger partial charge on any atom is 0.407 e. The maximum absolute atomic E-state index is 11.6. The third-order valence-corrected chi connectivity index (χ3v) is 3.63. The fraction of sp³-hybridized carbons (Fsp3) is 0.588. The Bertz CT molecular complexity index is 509. The minimum absolute atomic E-state index is 0.359. The van der Waals surface area contributed by atoms with E-state index in [0.717, 1.165) is 31.8 Å². The fourth-order valence-corrected chi connectivity index (χ4v) is 2.62. The molecule has 1 aliphatic rings. The summed E-state index contributed by atoms with van der Waals surface area (Å²) in [4.78, 5) is 13.9. The Labute approximate surface area is 132 Å². The molecule has 1 aliphatic heterocycles. The van der Waals surface area contributed by atoms with E-state index in [4.69, 9.17) is 9.47 Å². The molecule has 2 rings (SSSR count).